The van der Waals surface area contributed by atoms with Gasteiger partial charge in [-0.25, -0.2) is 0 Å². The largest absolute Gasteiger partial charge is 0.486 e. The van der Waals surface area contributed by atoms with Gasteiger partial charge in [-0.1, -0.05) is 17.7 Å². The van der Waals surface area contributed by atoms with E-state index in [1.165, 1.54) is 11.3 Å². The highest BCUT2D eigenvalue weighted by atomic mass is 35.5. The number of ether oxygens (including phenoxy) is 1. The average Bonchev–Trinajstić information content (AvgIpc) is 3.40. The van der Waals surface area contributed by atoms with Crippen LogP contribution in [0, 0.1) is 0 Å². The fraction of sp³-hybridized carbons (Fsp3) is 0.208. The fourth-order valence-corrected chi connectivity index (χ4v) is 4.64. The molecule has 1 aromatic carbocycles. The Balaban J connectivity index is 1.41. The lowest BCUT2D eigenvalue weighted by molar-refractivity contribution is -0.116. The van der Waals surface area contributed by atoms with Crippen LogP contribution < -0.4 is 10.1 Å². The number of carbonyl (C=O) groups excluding carboxylic acids is 2. The molecule has 0 bridgehead atoms. The molecule has 3 aromatic rings. The fourth-order valence-electron chi connectivity index (χ4n) is 3.47. The lowest BCUT2D eigenvalue weighted by atomic mass is 10.1. The minimum absolute atomic E-state index is 0.0514. The van der Waals surface area contributed by atoms with Gasteiger partial charge in [0.15, 0.2) is 5.78 Å². The third-order valence-electron chi connectivity index (χ3n) is 5.06. The van der Waals surface area contributed by atoms with Gasteiger partial charge in [-0.2, -0.15) is 0 Å². The van der Waals surface area contributed by atoms with Gasteiger partial charge in [-0.15, -0.1) is 11.3 Å². The molecular weight excluding hydrogens is 432 g/mol. The number of pyridine rings is 1. The molecule has 5 nitrogen and oxygen atoms in total. The molecule has 0 radical (unpaired) electrons. The maximum Gasteiger partial charge on any atom is 0.244 e. The van der Waals surface area contributed by atoms with Crippen molar-refractivity contribution >= 4 is 40.2 Å². The minimum Gasteiger partial charge on any atom is -0.486 e. The van der Waals surface area contributed by atoms with Crippen LogP contribution in [0.15, 0.2) is 54.9 Å². The summed E-state index contributed by atoms with van der Waals surface area (Å²) >= 11 is 7.92. The van der Waals surface area contributed by atoms with Gasteiger partial charge in [0.25, 0.3) is 0 Å². The first-order valence-electron chi connectivity index (χ1n) is 9.87. The van der Waals surface area contributed by atoms with Gasteiger partial charge in [0.05, 0.1) is 16.4 Å². The molecule has 7 heteroatoms. The van der Waals surface area contributed by atoms with Crippen molar-refractivity contribution in [2.45, 2.75) is 26.4 Å². The molecule has 1 aliphatic rings. The summed E-state index contributed by atoms with van der Waals surface area (Å²) < 4.78 is 5.98. The number of fused-ring (bicyclic) bond motifs is 1. The van der Waals surface area contributed by atoms with E-state index >= 15 is 0 Å². The molecule has 2 aromatic heterocycles. The summed E-state index contributed by atoms with van der Waals surface area (Å²) in [4.78, 5) is 29.7. The van der Waals surface area contributed by atoms with Crippen molar-refractivity contribution in [2.24, 2.45) is 0 Å². The van der Waals surface area contributed by atoms with Crippen LogP contribution in [0.1, 0.15) is 34.6 Å². The Hall–Kier alpha value is -2.96. The zero-order valence-corrected chi connectivity index (χ0v) is 18.7. The van der Waals surface area contributed by atoms with Crippen molar-refractivity contribution in [1.29, 1.82) is 0 Å². The van der Waals surface area contributed by atoms with E-state index in [0.29, 0.717) is 23.7 Å². The first-order chi connectivity index (χ1) is 14.9. The third kappa shape index (κ3) is 4.86. The highest BCUT2D eigenvalue weighted by Crippen LogP contribution is 2.41. The molecule has 0 spiro atoms. The second-order valence-electron chi connectivity index (χ2n) is 7.42. The van der Waals surface area contributed by atoms with Gasteiger partial charge >= 0.3 is 0 Å². The van der Waals surface area contributed by atoms with Crippen molar-refractivity contribution in [3.05, 3.63) is 75.9 Å². The third-order valence-corrected chi connectivity index (χ3v) is 6.57. The smallest absolute Gasteiger partial charge is 0.244 e. The van der Waals surface area contributed by atoms with E-state index in [4.69, 9.17) is 16.3 Å². The van der Waals surface area contributed by atoms with Gasteiger partial charge in [0.1, 0.15) is 11.9 Å². The number of ketones is 1. The average molecular weight is 453 g/mol. The Morgan fingerprint density at radius 1 is 1.29 bits per heavy atom. The van der Waals surface area contributed by atoms with Crippen molar-refractivity contribution in [3.63, 3.8) is 0 Å². The van der Waals surface area contributed by atoms with Crippen LogP contribution in [-0.2, 0) is 11.2 Å². The summed E-state index contributed by atoms with van der Waals surface area (Å²) in [5.41, 5.74) is 3.71. The maximum absolute atomic E-state index is 12.3. The van der Waals surface area contributed by atoms with Crippen LogP contribution in [0.2, 0.25) is 5.02 Å². The van der Waals surface area contributed by atoms with Crippen molar-refractivity contribution in [1.82, 2.24) is 10.3 Å². The highest BCUT2D eigenvalue weighted by molar-refractivity contribution is 7.17. The molecule has 1 N–H and O–H groups in total. The molecule has 1 aliphatic heterocycles. The van der Waals surface area contributed by atoms with Gasteiger partial charge in [0.2, 0.25) is 5.91 Å². The van der Waals surface area contributed by atoms with E-state index in [-0.39, 0.29) is 17.8 Å². The number of rotatable bonds is 6. The number of benzene rings is 1. The number of hydrogen-bond acceptors (Lipinski definition) is 5. The number of thiophene rings is 1. The number of aromatic nitrogens is 1. The molecule has 3 heterocycles. The van der Waals surface area contributed by atoms with Crippen LogP contribution in [0.25, 0.3) is 16.0 Å². The van der Waals surface area contributed by atoms with Crippen molar-refractivity contribution in [3.8, 4) is 16.2 Å². The SMILES string of the molecule is CC(=O)c1ccc(-c2cc(Cl)c3c(c2)CC(CNC(=O)/C=C(/C)c2cccnc2)O3)s1. The molecule has 0 saturated carbocycles. The minimum atomic E-state index is -0.185. The number of amides is 1. The molecule has 158 valence electrons. The molecule has 1 unspecified atom stereocenters. The molecule has 4 rings (SSSR count). The number of halogens is 1. The Kier molecular flexibility index (Phi) is 6.20. The topological polar surface area (TPSA) is 68.3 Å². The predicted molar refractivity (Wildman–Crippen MR) is 124 cm³/mol. The Morgan fingerprint density at radius 3 is 2.84 bits per heavy atom. The number of allylic oxidation sites excluding steroid dienone is 1. The number of nitrogens with zero attached hydrogens (tertiary/aromatic N) is 1. The zero-order valence-electron chi connectivity index (χ0n) is 17.1. The Bertz CT molecular complexity index is 1170. The molecule has 1 amide bonds. The number of nitrogens with one attached hydrogen (secondary N) is 1. The standard InChI is InChI=1S/C24H21ClN2O3S/c1-14(16-4-3-7-26-12-16)8-23(29)27-13-19-10-18-9-17(11-20(25)24(18)30-19)22-6-5-21(31-22)15(2)28/h3-9,11-12,19H,10,13H2,1-2H3,(H,27,29)/b14-8-. The van der Waals surface area contributed by atoms with Crippen molar-refractivity contribution in [2.75, 3.05) is 6.54 Å². The lowest BCUT2D eigenvalue weighted by Crippen LogP contribution is -2.33. The molecule has 0 fully saturated rings. The molecule has 0 aliphatic carbocycles. The van der Waals surface area contributed by atoms with Gasteiger partial charge in [-0.05, 0) is 60.9 Å². The van der Waals surface area contributed by atoms with E-state index in [1.54, 1.807) is 25.4 Å². The van der Waals surface area contributed by atoms with Gasteiger partial charge < -0.3 is 10.1 Å². The quantitative estimate of drug-likeness (QED) is 0.413. The van der Waals surface area contributed by atoms with E-state index in [0.717, 1.165) is 32.0 Å². The van der Waals surface area contributed by atoms with Crippen LogP contribution in [0.5, 0.6) is 5.75 Å². The van der Waals surface area contributed by atoms with Crippen LogP contribution in [0.3, 0.4) is 0 Å². The lowest BCUT2D eigenvalue weighted by Gasteiger charge is -2.11. The maximum atomic E-state index is 12.3. The van der Waals surface area contributed by atoms with Crippen LogP contribution in [-0.4, -0.2) is 29.3 Å². The molecule has 0 saturated heterocycles. The molecule has 1 atom stereocenters. The monoisotopic (exact) mass is 452 g/mol. The van der Waals surface area contributed by atoms with E-state index in [1.807, 2.05) is 43.3 Å². The first kappa shape index (κ1) is 21.3. The Morgan fingerprint density at radius 2 is 2.13 bits per heavy atom. The predicted octanol–water partition coefficient (Wildman–Crippen LogP) is 5.19. The summed E-state index contributed by atoms with van der Waals surface area (Å²) in [5, 5.41) is 3.44. The summed E-state index contributed by atoms with van der Waals surface area (Å²) in [6.07, 6.45) is 5.45. The van der Waals surface area contributed by atoms with E-state index in [9.17, 15) is 9.59 Å². The van der Waals surface area contributed by atoms with E-state index in [2.05, 4.69) is 10.3 Å². The zero-order chi connectivity index (χ0) is 22.0. The molecule has 31 heavy (non-hydrogen) atoms. The summed E-state index contributed by atoms with van der Waals surface area (Å²) in [6, 6.07) is 11.4. The second kappa shape index (κ2) is 9.04. The summed E-state index contributed by atoms with van der Waals surface area (Å²) in [5.74, 6) is 0.536. The van der Waals surface area contributed by atoms with Crippen LogP contribution in [0.4, 0.5) is 0 Å². The van der Waals surface area contributed by atoms with E-state index < -0.39 is 0 Å². The Labute approximate surface area is 189 Å². The number of carbonyl (C=O) groups is 2. The summed E-state index contributed by atoms with van der Waals surface area (Å²) in [6.45, 7) is 3.82. The van der Waals surface area contributed by atoms with Gasteiger partial charge in [-0.3, -0.25) is 14.6 Å². The normalized spacial score (nSPS) is 15.3. The first-order valence-corrected chi connectivity index (χ1v) is 11.1. The number of Topliss-reactive ketones (excluding diaryl/α,β-unsaturated/α-hetero) is 1. The highest BCUT2D eigenvalue weighted by Gasteiger charge is 2.26. The van der Waals surface area contributed by atoms with Gasteiger partial charge in [0, 0.05) is 35.3 Å². The van der Waals surface area contributed by atoms with Crippen molar-refractivity contribution < 1.29 is 14.3 Å². The number of hydrogen-bond donors (Lipinski definition) is 1. The second-order valence-corrected chi connectivity index (χ2v) is 8.92. The summed E-state index contributed by atoms with van der Waals surface area (Å²) in [7, 11) is 0. The molecular formula is C24H21ClN2O3S. The van der Waals surface area contributed by atoms with Crippen LogP contribution >= 0.6 is 22.9 Å².